The number of allylic oxidation sites excluding steroid dienone is 13. The molecule has 0 aromatic rings. The van der Waals surface area contributed by atoms with Gasteiger partial charge in [-0.3, -0.25) is 18.6 Å². The fraction of sp³-hybridized carbons (Fsp3) is 0.778. The summed E-state index contributed by atoms with van der Waals surface area (Å²) in [5.41, 5.74) is 0. The van der Waals surface area contributed by atoms with Crippen LogP contribution in [0.15, 0.2) is 85.1 Å². The average Bonchev–Trinajstić information content (AvgIpc) is 3.47. The predicted molar refractivity (Wildman–Crippen MR) is 355 cm³/mol. The first-order valence-corrected chi connectivity index (χ1v) is 35.9. The second kappa shape index (κ2) is 61.3. The van der Waals surface area contributed by atoms with Crippen LogP contribution in [0.1, 0.15) is 310 Å². The van der Waals surface area contributed by atoms with Gasteiger partial charge >= 0.3 is 13.8 Å². The maximum Gasteiger partial charge on any atom is 0.472 e. The van der Waals surface area contributed by atoms with Crippen LogP contribution in [0.3, 0.4) is 0 Å². The van der Waals surface area contributed by atoms with Crippen molar-refractivity contribution in [3.05, 3.63) is 85.1 Å². The Bertz CT molecular complexity index is 1680. The quantitative estimate of drug-likeness (QED) is 0.0205. The third-order valence-corrected chi connectivity index (χ3v) is 16.1. The Kier molecular flexibility index (Phi) is 59.2. The smallest absolute Gasteiger partial charge is 0.456 e. The second-order valence-corrected chi connectivity index (χ2v) is 25.8. The molecule has 0 heterocycles. The third kappa shape index (κ3) is 61.7. The molecular weight excluding hydrogens is 1040 g/mol. The Balaban J connectivity index is 5.07. The zero-order chi connectivity index (χ0) is 60.0. The van der Waals surface area contributed by atoms with Crippen molar-refractivity contribution in [3.8, 4) is 0 Å². The van der Waals surface area contributed by atoms with Gasteiger partial charge in [-0.25, -0.2) is 4.57 Å². The fourth-order valence-corrected chi connectivity index (χ4v) is 10.5. The van der Waals surface area contributed by atoms with E-state index in [4.69, 9.17) is 13.8 Å². The van der Waals surface area contributed by atoms with Crippen LogP contribution < -0.4 is 5.32 Å². The number of esters is 1. The summed E-state index contributed by atoms with van der Waals surface area (Å²) >= 11 is 0. The minimum absolute atomic E-state index is 0.0369. The van der Waals surface area contributed by atoms with Gasteiger partial charge in [-0.05, 0) is 102 Å². The van der Waals surface area contributed by atoms with Crippen molar-refractivity contribution in [3.63, 3.8) is 0 Å². The third-order valence-electron chi connectivity index (χ3n) is 15.1. The molecule has 82 heavy (non-hydrogen) atoms. The molecule has 0 aromatic heterocycles. The maximum atomic E-state index is 13.6. The van der Waals surface area contributed by atoms with E-state index in [1.165, 1.54) is 180 Å². The summed E-state index contributed by atoms with van der Waals surface area (Å²) in [6, 6.07) is -0.855. The number of carbonyl (C=O) groups is 2. The van der Waals surface area contributed by atoms with Crippen molar-refractivity contribution in [2.45, 2.75) is 322 Å². The van der Waals surface area contributed by atoms with Crippen LogP contribution in [0.5, 0.6) is 0 Å². The summed E-state index contributed by atoms with van der Waals surface area (Å²) in [6.45, 7) is 6.91. The lowest BCUT2D eigenvalue weighted by Crippen LogP contribution is -2.47. The van der Waals surface area contributed by atoms with Crippen molar-refractivity contribution in [1.29, 1.82) is 0 Å². The number of phosphoric acid groups is 1. The summed E-state index contributed by atoms with van der Waals surface area (Å²) in [5.74, 6) is -0.508. The number of amides is 1. The van der Waals surface area contributed by atoms with E-state index < -0.39 is 20.0 Å². The largest absolute Gasteiger partial charge is 0.472 e. The Hall–Kier alpha value is -2.81. The maximum absolute atomic E-state index is 13.6. The van der Waals surface area contributed by atoms with Gasteiger partial charge in [0.05, 0.1) is 33.8 Å². The predicted octanol–water partition coefficient (Wildman–Crippen LogP) is 21.7. The molecule has 3 atom stereocenters. The number of nitrogens with one attached hydrogen (secondary N) is 1. The molecule has 10 heteroatoms. The number of quaternary nitrogens is 1. The van der Waals surface area contributed by atoms with Gasteiger partial charge in [0.25, 0.3) is 0 Å². The van der Waals surface area contributed by atoms with Crippen LogP contribution >= 0.6 is 7.82 Å². The highest BCUT2D eigenvalue weighted by atomic mass is 31.2. The SMILES string of the molecule is CC/C=C\C/C=C\C/C=C\C/C=C\C/C=C\CCCCCCCCCCCCCC(=O)NC(COP(=O)(O)OCC[N+](C)(C)C)C(/C=C\CCCCCCCCCCCC)OC(=O)CCCCCCCCC/C=C/CCCCCCCC. The average molecular weight is 1170 g/mol. The number of nitrogens with zero attached hydrogens (tertiary/aromatic N) is 1. The monoisotopic (exact) mass is 1170 g/mol. The normalized spacial score (nSPS) is 14.1. The van der Waals surface area contributed by atoms with Gasteiger partial charge in [-0.1, -0.05) is 280 Å². The highest BCUT2D eigenvalue weighted by Gasteiger charge is 2.30. The molecule has 476 valence electrons. The minimum Gasteiger partial charge on any atom is -0.456 e. The van der Waals surface area contributed by atoms with Crippen LogP contribution in [-0.4, -0.2) is 74.3 Å². The van der Waals surface area contributed by atoms with Gasteiger partial charge in [0.1, 0.15) is 19.3 Å². The van der Waals surface area contributed by atoms with Gasteiger partial charge in [-0.15, -0.1) is 0 Å². The molecule has 0 rings (SSSR count). The lowest BCUT2D eigenvalue weighted by molar-refractivity contribution is -0.870. The van der Waals surface area contributed by atoms with E-state index in [0.29, 0.717) is 17.4 Å². The molecule has 1 amide bonds. The standard InChI is InChI=1S/C72H131N2O7P/c1-7-10-13-16-19-22-25-28-30-32-33-34-35-36-37-38-39-40-41-43-44-46-49-52-55-58-61-64-71(75)73-69(68-80-82(77,78)79-67-66-74(4,5)6)70(63-60-57-54-51-48-27-24-21-18-15-12-9-3)81-72(76)65-62-59-56-53-50-47-45-42-31-29-26-23-20-17-14-11-8-2/h10,13,19,22,28-31,33-34,36-37,60,63,69-70H,7-9,11-12,14-18,20-21,23-27,32,35,38-59,61-62,64-68H2,1-6H3,(H-,73,75,77,78)/p+1/b13-10-,22-19-,30-28-,31-29+,34-33-,37-36-,63-60-. The highest BCUT2D eigenvalue weighted by Crippen LogP contribution is 2.43. The molecule has 0 saturated carbocycles. The van der Waals surface area contributed by atoms with Gasteiger partial charge < -0.3 is 19.4 Å². The lowest BCUT2D eigenvalue weighted by Gasteiger charge is -2.27. The first-order chi connectivity index (χ1) is 39.9. The molecule has 0 saturated heterocycles. The molecule has 3 unspecified atom stereocenters. The van der Waals surface area contributed by atoms with Crippen molar-refractivity contribution in [2.24, 2.45) is 0 Å². The summed E-state index contributed by atoms with van der Waals surface area (Å²) in [7, 11) is 1.49. The minimum atomic E-state index is -4.46. The van der Waals surface area contributed by atoms with Crippen LogP contribution in [-0.2, 0) is 27.9 Å². The molecule has 0 aliphatic carbocycles. The van der Waals surface area contributed by atoms with E-state index >= 15 is 0 Å². The molecule has 9 nitrogen and oxygen atoms in total. The van der Waals surface area contributed by atoms with E-state index in [-0.39, 0.29) is 31.5 Å². The Morgan fingerprint density at radius 3 is 1.18 bits per heavy atom. The lowest BCUT2D eigenvalue weighted by atomic mass is 10.0. The molecule has 0 spiro atoms. The van der Waals surface area contributed by atoms with Crippen LogP contribution in [0.2, 0.25) is 0 Å². The Morgan fingerprint density at radius 1 is 0.439 bits per heavy atom. The Labute approximate surface area is 507 Å². The zero-order valence-electron chi connectivity index (χ0n) is 54.5. The van der Waals surface area contributed by atoms with Gasteiger partial charge in [0.15, 0.2) is 0 Å². The molecule has 0 bridgehead atoms. The first kappa shape index (κ1) is 79.2. The summed E-state index contributed by atoms with van der Waals surface area (Å²) in [4.78, 5) is 37.8. The molecule has 0 aliphatic rings. The first-order valence-electron chi connectivity index (χ1n) is 34.4. The van der Waals surface area contributed by atoms with Crippen molar-refractivity contribution < 1.29 is 37.3 Å². The van der Waals surface area contributed by atoms with Gasteiger partial charge in [0.2, 0.25) is 5.91 Å². The van der Waals surface area contributed by atoms with E-state index in [1.54, 1.807) is 0 Å². The van der Waals surface area contributed by atoms with Crippen LogP contribution in [0.4, 0.5) is 0 Å². The summed E-state index contributed by atoms with van der Waals surface area (Å²) < 4.78 is 30.8. The van der Waals surface area contributed by atoms with Crippen molar-refractivity contribution in [1.82, 2.24) is 5.32 Å². The number of hydrogen-bond donors (Lipinski definition) is 2. The molecule has 0 fully saturated rings. The van der Waals surface area contributed by atoms with Crippen LogP contribution in [0, 0.1) is 0 Å². The van der Waals surface area contributed by atoms with Crippen molar-refractivity contribution in [2.75, 3.05) is 40.9 Å². The van der Waals surface area contributed by atoms with Crippen molar-refractivity contribution >= 4 is 19.7 Å². The molecular formula is C72H132N2O7P+. The molecule has 0 aliphatic heterocycles. The van der Waals surface area contributed by atoms with Gasteiger partial charge in [0, 0.05) is 12.8 Å². The van der Waals surface area contributed by atoms with E-state index in [9.17, 15) is 19.0 Å². The van der Waals surface area contributed by atoms with E-state index in [0.717, 1.165) is 96.3 Å². The summed E-state index contributed by atoms with van der Waals surface area (Å²) in [6.07, 6.45) is 81.6. The number of likely N-dealkylation sites (N-methyl/N-ethyl adjacent to an activating group) is 1. The summed E-state index contributed by atoms with van der Waals surface area (Å²) in [5, 5.41) is 3.07. The van der Waals surface area contributed by atoms with E-state index in [2.05, 4.69) is 99.0 Å². The topological polar surface area (TPSA) is 111 Å². The molecule has 0 radical (unpaired) electrons. The highest BCUT2D eigenvalue weighted by molar-refractivity contribution is 7.47. The number of hydrogen-bond acceptors (Lipinski definition) is 6. The molecule has 2 N–H and O–H groups in total. The number of ether oxygens (including phenoxy) is 1. The molecule has 0 aromatic carbocycles. The second-order valence-electron chi connectivity index (χ2n) is 24.3. The number of unbranched alkanes of at least 4 members (excludes halogenated alkanes) is 34. The fourth-order valence-electron chi connectivity index (χ4n) is 9.79. The number of phosphoric ester groups is 1. The van der Waals surface area contributed by atoms with E-state index in [1.807, 2.05) is 33.3 Å². The number of rotatable bonds is 62. The Morgan fingerprint density at radius 2 is 0.780 bits per heavy atom. The zero-order valence-corrected chi connectivity index (χ0v) is 55.4. The number of carbonyl (C=O) groups excluding carboxylic acids is 2. The van der Waals surface area contributed by atoms with Gasteiger partial charge in [-0.2, -0.15) is 0 Å². The van der Waals surface area contributed by atoms with Crippen LogP contribution in [0.25, 0.3) is 0 Å².